The molecule has 0 aromatic heterocycles. The Balaban J connectivity index is 2.85. The van der Waals surface area contributed by atoms with Gasteiger partial charge < -0.3 is 5.32 Å². The second-order valence-corrected chi connectivity index (χ2v) is 5.18. The summed E-state index contributed by atoms with van der Waals surface area (Å²) in [5.41, 5.74) is 0.383. The zero-order valence-electron chi connectivity index (χ0n) is 9.80. The molecule has 2 N–H and O–H groups in total. The van der Waals surface area contributed by atoms with Crippen LogP contribution in [0.25, 0.3) is 0 Å². The molecule has 1 rings (SSSR count). The van der Waals surface area contributed by atoms with E-state index in [0.717, 1.165) is 0 Å². The summed E-state index contributed by atoms with van der Waals surface area (Å²) in [6, 6.07) is 7.39. The van der Waals surface area contributed by atoms with Crippen molar-refractivity contribution >= 4 is 15.9 Å². The monoisotopic (exact) mass is 267 g/mol. The molecular weight excluding hydrogens is 254 g/mol. The number of nitriles is 1. The lowest BCUT2D eigenvalue weighted by molar-refractivity contribution is 0.0963. The number of nitrogens with zero attached hydrogens (tertiary/aromatic N) is 1. The highest BCUT2D eigenvalue weighted by Crippen LogP contribution is 2.10. The van der Waals surface area contributed by atoms with Crippen LogP contribution in [-0.2, 0) is 10.0 Å². The summed E-state index contributed by atoms with van der Waals surface area (Å²) >= 11 is 0. The number of sulfonamides is 1. The van der Waals surface area contributed by atoms with Crippen molar-refractivity contribution in [3.63, 3.8) is 0 Å². The predicted octanol–water partition coefficient (Wildman–Crippen LogP) is 0.238. The Morgan fingerprint density at radius 2 is 1.94 bits per heavy atom. The van der Waals surface area contributed by atoms with Crippen molar-refractivity contribution in [3.8, 4) is 6.07 Å². The molecule has 0 spiro atoms. The van der Waals surface area contributed by atoms with Crippen LogP contribution in [0, 0.1) is 11.3 Å². The molecule has 1 amide bonds. The Labute approximate surface area is 106 Å². The number of hydrogen-bond acceptors (Lipinski definition) is 4. The molecule has 0 bridgehead atoms. The van der Waals surface area contributed by atoms with Gasteiger partial charge >= 0.3 is 0 Å². The normalized spacial score (nSPS) is 10.7. The van der Waals surface area contributed by atoms with Crippen LogP contribution in [-0.4, -0.2) is 27.9 Å². The largest absolute Gasteiger partial charge is 0.355 e. The molecule has 0 saturated carbocycles. The number of carbonyl (C=O) groups is 1. The Hall–Kier alpha value is -1.91. The van der Waals surface area contributed by atoms with Gasteiger partial charge in [-0.05, 0) is 24.3 Å². The minimum atomic E-state index is -3.61. The maximum atomic E-state index is 11.7. The molecule has 1 aromatic carbocycles. The Bertz CT molecular complexity index is 558. The van der Waals surface area contributed by atoms with Crippen LogP contribution in [0.15, 0.2) is 29.2 Å². The van der Waals surface area contributed by atoms with E-state index in [0.29, 0.717) is 5.56 Å². The molecule has 0 aliphatic heterocycles. The van der Waals surface area contributed by atoms with Crippen molar-refractivity contribution in [2.45, 2.75) is 11.3 Å². The minimum Gasteiger partial charge on any atom is -0.355 e. The van der Waals surface area contributed by atoms with E-state index in [1.54, 1.807) is 0 Å². The lowest BCUT2D eigenvalue weighted by Crippen LogP contribution is -2.24. The number of benzene rings is 1. The molecule has 96 valence electrons. The molecule has 0 heterocycles. The fourth-order valence-electron chi connectivity index (χ4n) is 1.25. The first-order valence-electron chi connectivity index (χ1n) is 5.20. The first-order valence-corrected chi connectivity index (χ1v) is 6.68. The summed E-state index contributed by atoms with van der Waals surface area (Å²) in [5.74, 6) is -0.281. The summed E-state index contributed by atoms with van der Waals surface area (Å²) < 4.78 is 25.8. The maximum absolute atomic E-state index is 11.7. The van der Waals surface area contributed by atoms with Gasteiger partial charge in [0.05, 0.1) is 11.0 Å². The average Bonchev–Trinajstić information content (AvgIpc) is 2.38. The lowest BCUT2D eigenvalue weighted by Gasteiger charge is -2.05. The highest BCUT2D eigenvalue weighted by Gasteiger charge is 2.13. The van der Waals surface area contributed by atoms with Gasteiger partial charge in [0.15, 0.2) is 0 Å². The van der Waals surface area contributed by atoms with Crippen molar-refractivity contribution in [1.29, 1.82) is 5.26 Å². The van der Waals surface area contributed by atoms with Crippen LogP contribution in [0.3, 0.4) is 0 Å². The van der Waals surface area contributed by atoms with Gasteiger partial charge in [-0.1, -0.05) is 0 Å². The van der Waals surface area contributed by atoms with Gasteiger partial charge in [0.25, 0.3) is 5.91 Å². The van der Waals surface area contributed by atoms with Crippen LogP contribution in [0.5, 0.6) is 0 Å². The van der Waals surface area contributed by atoms with E-state index in [1.807, 2.05) is 6.07 Å². The fourth-order valence-corrected chi connectivity index (χ4v) is 2.29. The van der Waals surface area contributed by atoms with E-state index in [-0.39, 0.29) is 23.8 Å². The van der Waals surface area contributed by atoms with Crippen LogP contribution in [0.2, 0.25) is 0 Å². The molecule has 1 aromatic rings. The van der Waals surface area contributed by atoms with E-state index < -0.39 is 10.0 Å². The molecule has 18 heavy (non-hydrogen) atoms. The summed E-state index contributed by atoms with van der Waals surface area (Å²) in [5, 5.41) is 10.8. The molecule has 6 nitrogen and oxygen atoms in total. The van der Waals surface area contributed by atoms with Crippen LogP contribution < -0.4 is 10.0 Å². The number of amides is 1. The van der Waals surface area contributed by atoms with Gasteiger partial charge in [-0.3, -0.25) is 4.79 Å². The molecule has 0 aliphatic rings. The smallest absolute Gasteiger partial charge is 0.251 e. The molecule has 7 heteroatoms. The van der Waals surface area contributed by atoms with Gasteiger partial charge in [0.1, 0.15) is 0 Å². The maximum Gasteiger partial charge on any atom is 0.251 e. The third kappa shape index (κ3) is 3.55. The van der Waals surface area contributed by atoms with Gasteiger partial charge in [-0.2, -0.15) is 5.26 Å². The van der Waals surface area contributed by atoms with E-state index >= 15 is 0 Å². The number of rotatable bonds is 5. The average molecular weight is 267 g/mol. The highest BCUT2D eigenvalue weighted by atomic mass is 32.2. The van der Waals surface area contributed by atoms with Crippen molar-refractivity contribution in [2.75, 3.05) is 13.6 Å². The van der Waals surface area contributed by atoms with Crippen molar-refractivity contribution in [3.05, 3.63) is 29.8 Å². The van der Waals surface area contributed by atoms with E-state index in [1.165, 1.54) is 31.3 Å². The molecule has 0 fully saturated rings. The second kappa shape index (κ2) is 6.14. The van der Waals surface area contributed by atoms with Gasteiger partial charge in [-0.15, -0.1) is 0 Å². The predicted molar refractivity (Wildman–Crippen MR) is 65.3 cm³/mol. The Morgan fingerprint density at radius 3 is 2.44 bits per heavy atom. The Kier molecular flexibility index (Phi) is 4.83. The van der Waals surface area contributed by atoms with Gasteiger partial charge in [0, 0.05) is 25.6 Å². The zero-order chi connectivity index (χ0) is 13.6. The number of nitrogens with one attached hydrogen (secondary N) is 2. The molecular formula is C11H13N3O3S. The lowest BCUT2D eigenvalue weighted by atomic mass is 10.2. The second-order valence-electron chi connectivity index (χ2n) is 3.41. The van der Waals surface area contributed by atoms with Gasteiger partial charge in [-0.25, -0.2) is 13.1 Å². The first-order chi connectivity index (χ1) is 8.51. The van der Waals surface area contributed by atoms with Crippen molar-refractivity contribution in [1.82, 2.24) is 10.0 Å². The summed E-state index contributed by atoms with van der Waals surface area (Å²) in [6.45, 7) is 0.0655. The molecule has 0 aliphatic carbocycles. The quantitative estimate of drug-likeness (QED) is 0.746. The molecule has 0 unspecified atom stereocenters. The van der Waals surface area contributed by atoms with Crippen molar-refractivity contribution in [2.24, 2.45) is 0 Å². The highest BCUT2D eigenvalue weighted by molar-refractivity contribution is 7.89. The first kappa shape index (κ1) is 14.2. The van der Waals surface area contributed by atoms with E-state index in [9.17, 15) is 13.2 Å². The third-order valence-corrected chi connectivity index (χ3v) is 3.66. The van der Waals surface area contributed by atoms with Gasteiger partial charge in [0.2, 0.25) is 10.0 Å². The summed E-state index contributed by atoms with van der Waals surface area (Å²) in [6.07, 6.45) is 0.107. The van der Waals surface area contributed by atoms with Crippen LogP contribution in [0.1, 0.15) is 16.8 Å². The fraction of sp³-hybridized carbons (Fsp3) is 0.273. The molecule has 0 radical (unpaired) electrons. The number of hydrogen-bond donors (Lipinski definition) is 2. The van der Waals surface area contributed by atoms with E-state index in [2.05, 4.69) is 10.0 Å². The third-order valence-electron chi connectivity index (χ3n) is 2.18. The van der Waals surface area contributed by atoms with E-state index in [4.69, 9.17) is 5.26 Å². The Morgan fingerprint density at radius 1 is 1.33 bits per heavy atom. The van der Waals surface area contributed by atoms with Crippen LogP contribution >= 0.6 is 0 Å². The zero-order valence-corrected chi connectivity index (χ0v) is 10.6. The number of carbonyl (C=O) groups excluding carboxylic acids is 1. The SMILES string of the molecule is CNC(=O)c1ccc(S(=O)(=O)NCCC#N)cc1. The topological polar surface area (TPSA) is 99.1 Å². The van der Waals surface area contributed by atoms with Crippen LogP contribution in [0.4, 0.5) is 0 Å². The minimum absolute atomic E-state index is 0.0630. The standard InChI is InChI=1S/C11H13N3O3S/c1-13-11(15)9-3-5-10(6-4-9)18(16,17)14-8-2-7-12/h3-6,14H,2,8H2,1H3,(H,13,15). The summed E-state index contributed by atoms with van der Waals surface area (Å²) in [4.78, 5) is 11.3. The molecule has 0 atom stereocenters. The van der Waals surface area contributed by atoms with Crippen molar-refractivity contribution < 1.29 is 13.2 Å². The molecule has 0 saturated heterocycles. The summed E-state index contributed by atoms with van der Waals surface area (Å²) in [7, 11) is -2.12.